The largest absolute Gasteiger partial charge is 0.340 e. The van der Waals surface area contributed by atoms with Crippen LogP contribution in [0.5, 0.6) is 0 Å². The van der Waals surface area contributed by atoms with E-state index in [-0.39, 0.29) is 17.8 Å². The summed E-state index contributed by atoms with van der Waals surface area (Å²) in [5.41, 5.74) is 6.57. The summed E-state index contributed by atoms with van der Waals surface area (Å²) in [4.78, 5) is 13.4. The van der Waals surface area contributed by atoms with Gasteiger partial charge in [0.15, 0.2) is 0 Å². The van der Waals surface area contributed by atoms with E-state index in [0.29, 0.717) is 17.7 Å². The summed E-state index contributed by atoms with van der Waals surface area (Å²) in [6.07, 6.45) is 0. The molecule has 0 aliphatic carbocycles. The molecule has 1 amide bonds. The maximum atomic E-state index is 13.0. The van der Waals surface area contributed by atoms with Gasteiger partial charge in [-0.25, -0.2) is 4.39 Å². The van der Waals surface area contributed by atoms with Crippen LogP contribution >= 0.6 is 0 Å². The van der Waals surface area contributed by atoms with Crippen molar-refractivity contribution in [2.75, 3.05) is 13.6 Å². The Hall–Kier alpha value is -1.42. The summed E-state index contributed by atoms with van der Waals surface area (Å²) in [5.74, 6) is -0.438. The average Bonchev–Trinajstić information content (AvgIpc) is 2.20. The van der Waals surface area contributed by atoms with Crippen LogP contribution in [0, 0.1) is 12.7 Å². The Morgan fingerprint density at radius 3 is 2.69 bits per heavy atom. The number of rotatable bonds is 3. The second kappa shape index (κ2) is 5.07. The number of amides is 1. The Morgan fingerprint density at radius 1 is 1.56 bits per heavy atom. The number of carbonyl (C=O) groups excluding carboxylic acids is 1. The molecule has 0 saturated heterocycles. The first kappa shape index (κ1) is 12.6. The highest BCUT2D eigenvalue weighted by Crippen LogP contribution is 2.11. The molecule has 4 heteroatoms. The van der Waals surface area contributed by atoms with Crippen molar-refractivity contribution in [3.05, 3.63) is 35.1 Å². The number of carbonyl (C=O) groups is 1. The van der Waals surface area contributed by atoms with E-state index < -0.39 is 0 Å². The fourth-order valence-electron chi connectivity index (χ4n) is 1.51. The first-order valence-corrected chi connectivity index (χ1v) is 5.19. The first-order valence-electron chi connectivity index (χ1n) is 5.19. The summed E-state index contributed by atoms with van der Waals surface area (Å²) in [7, 11) is 1.68. The Morgan fingerprint density at radius 2 is 2.19 bits per heavy atom. The summed E-state index contributed by atoms with van der Waals surface area (Å²) in [6.45, 7) is 3.95. The lowest BCUT2D eigenvalue weighted by atomic mass is 10.1. The van der Waals surface area contributed by atoms with Gasteiger partial charge in [0.2, 0.25) is 0 Å². The molecule has 0 spiro atoms. The molecule has 1 unspecified atom stereocenters. The molecule has 0 saturated carbocycles. The summed E-state index contributed by atoms with van der Waals surface area (Å²) < 4.78 is 13.0. The van der Waals surface area contributed by atoms with E-state index in [1.807, 2.05) is 6.92 Å². The van der Waals surface area contributed by atoms with Gasteiger partial charge >= 0.3 is 0 Å². The quantitative estimate of drug-likeness (QED) is 0.846. The van der Waals surface area contributed by atoms with Gasteiger partial charge in [0, 0.05) is 25.2 Å². The minimum absolute atomic E-state index is 0.0736. The second-order valence-corrected chi connectivity index (χ2v) is 4.13. The van der Waals surface area contributed by atoms with Crippen LogP contribution < -0.4 is 5.73 Å². The van der Waals surface area contributed by atoms with Gasteiger partial charge in [-0.2, -0.15) is 0 Å². The molecule has 88 valence electrons. The monoisotopic (exact) mass is 224 g/mol. The SMILES string of the molecule is Cc1cc(C(=O)N(C)CC(C)N)ccc1F. The minimum atomic E-state index is -0.300. The van der Waals surface area contributed by atoms with Crippen LogP contribution in [0.25, 0.3) is 0 Å². The average molecular weight is 224 g/mol. The highest BCUT2D eigenvalue weighted by atomic mass is 19.1. The molecular weight excluding hydrogens is 207 g/mol. The fraction of sp³-hybridized carbons (Fsp3) is 0.417. The molecule has 1 rings (SSSR count). The topological polar surface area (TPSA) is 46.3 Å². The fourth-order valence-corrected chi connectivity index (χ4v) is 1.51. The van der Waals surface area contributed by atoms with Gasteiger partial charge in [0.05, 0.1) is 0 Å². The Balaban J connectivity index is 2.84. The van der Waals surface area contributed by atoms with Crippen LogP contribution in [0.2, 0.25) is 0 Å². The van der Waals surface area contributed by atoms with Gasteiger partial charge in [-0.05, 0) is 37.6 Å². The van der Waals surface area contributed by atoms with Gasteiger partial charge in [-0.3, -0.25) is 4.79 Å². The van der Waals surface area contributed by atoms with E-state index in [9.17, 15) is 9.18 Å². The molecule has 0 fully saturated rings. The van der Waals surface area contributed by atoms with Gasteiger partial charge < -0.3 is 10.6 Å². The van der Waals surface area contributed by atoms with Gasteiger partial charge in [0.1, 0.15) is 5.82 Å². The lowest BCUT2D eigenvalue weighted by Crippen LogP contribution is -2.36. The number of nitrogens with zero attached hydrogens (tertiary/aromatic N) is 1. The number of likely N-dealkylation sites (N-methyl/N-ethyl adjacent to an activating group) is 1. The molecule has 1 atom stereocenters. The Bertz CT molecular complexity index is 391. The van der Waals surface area contributed by atoms with Crippen LogP contribution in [0.15, 0.2) is 18.2 Å². The Kier molecular flexibility index (Phi) is 4.01. The molecule has 2 N–H and O–H groups in total. The zero-order chi connectivity index (χ0) is 12.3. The summed E-state index contributed by atoms with van der Waals surface area (Å²) >= 11 is 0. The van der Waals surface area contributed by atoms with E-state index in [2.05, 4.69) is 0 Å². The molecule has 0 bridgehead atoms. The van der Waals surface area contributed by atoms with Crippen molar-refractivity contribution in [1.29, 1.82) is 0 Å². The molecular formula is C12H17FN2O. The van der Waals surface area contributed by atoms with E-state index in [4.69, 9.17) is 5.73 Å². The van der Waals surface area contributed by atoms with Crippen molar-refractivity contribution in [3.63, 3.8) is 0 Å². The van der Waals surface area contributed by atoms with E-state index in [1.54, 1.807) is 20.0 Å². The minimum Gasteiger partial charge on any atom is -0.340 e. The van der Waals surface area contributed by atoms with Crippen molar-refractivity contribution in [2.45, 2.75) is 19.9 Å². The highest BCUT2D eigenvalue weighted by Gasteiger charge is 2.13. The van der Waals surface area contributed by atoms with E-state index in [1.165, 1.54) is 17.0 Å². The number of halogens is 1. The van der Waals surface area contributed by atoms with Crippen molar-refractivity contribution in [1.82, 2.24) is 4.90 Å². The third-order valence-electron chi connectivity index (χ3n) is 2.31. The third-order valence-corrected chi connectivity index (χ3v) is 2.31. The number of aryl methyl sites for hydroxylation is 1. The van der Waals surface area contributed by atoms with Crippen molar-refractivity contribution in [2.24, 2.45) is 5.73 Å². The Labute approximate surface area is 95.0 Å². The van der Waals surface area contributed by atoms with Gasteiger partial charge in [-0.15, -0.1) is 0 Å². The predicted molar refractivity (Wildman–Crippen MR) is 61.7 cm³/mol. The lowest BCUT2D eigenvalue weighted by molar-refractivity contribution is 0.0788. The summed E-state index contributed by atoms with van der Waals surface area (Å²) in [5, 5.41) is 0. The first-order chi connectivity index (χ1) is 7.41. The molecule has 0 aromatic heterocycles. The van der Waals surface area contributed by atoms with Gasteiger partial charge in [-0.1, -0.05) is 0 Å². The van der Waals surface area contributed by atoms with Crippen LogP contribution in [-0.4, -0.2) is 30.4 Å². The maximum Gasteiger partial charge on any atom is 0.253 e. The van der Waals surface area contributed by atoms with Crippen LogP contribution in [0.4, 0.5) is 4.39 Å². The lowest BCUT2D eigenvalue weighted by Gasteiger charge is -2.19. The number of benzene rings is 1. The standard InChI is InChI=1S/C12H17FN2O/c1-8-6-10(4-5-11(8)13)12(16)15(3)7-9(2)14/h4-6,9H,7,14H2,1-3H3. The third kappa shape index (κ3) is 3.03. The van der Waals surface area contributed by atoms with Crippen molar-refractivity contribution in [3.8, 4) is 0 Å². The summed E-state index contributed by atoms with van der Waals surface area (Å²) in [6, 6.07) is 4.27. The van der Waals surface area contributed by atoms with Gasteiger partial charge in [0.25, 0.3) is 5.91 Å². The zero-order valence-electron chi connectivity index (χ0n) is 9.83. The van der Waals surface area contributed by atoms with Crippen LogP contribution in [0.3, 0.4) is 0 Å². The smallest absolute Gasteiger partial charge is 0.253 e. The van der Waals surface area contributed by atoms with Crippen molar-refractivity contribution < 1.29 is 9.18 Å². The molecule has 0 heterocycles. The normalized spacial score (nSPS) is 12.3. The predicted octanol–water partition coefficient (Wildman–Crippen LogP) is 1.55. The van der Waals surface area contributed by atoms with Crippen molar-refractivity contribution >= 4 is 5.91 Å². The molecule has 16 heavy (non-hydrogen) atoms. The molecule has 1 aromatic carbocycles. The molecule has 0 aliphatic rings. The number of hydrogen-bond acceptors (Lipinski definition) is 2. The number of hydrogen-bond donors (Lipinski definition) is 1. The second-order valence-electron chi connectivity index (χ2n) is 4.13. The molecule has 3 nitrogen and oxygen atoms in total. The van der Waals surface area contributed by atoms with E-state index >= 15 is 0 Å². The van der Waals surface area contributed by atoms with Crippen LogP contribution in [0.1, 0.15) is 22.8 Å². The molecule has 0 radical (unpaired) electrons. The highest BCUT2D eigenvalue weighted by molar-refractivity contribution is 5.94. The van der Waals surface area contributed by atoms with Crippen LogP contribution in [-0.2, 0) is 0 Å². The number of nitrogens with two attached hydrogens (primary N) is 1. The molecule has 0 aliphatic heterocycles. The van der Waals surface area contributed by atoms with E-state index in [0.717, 1.165) is 0 Å². The maximum absolute atomic E-state index is 13.0. The zero-order valence-corrected chi connectivity index (χ0v) is 9.83. The molecule has 1 aromatic rings.